The molecule has 0 bridgehead atoms. The summed E-state index contributed by atoms with van der Waals surface area (Å²) in [7, 11) is 1.47. The molecule has 0 radical (unpaired) electrons. The third kappa shape index (κ3) is 4.37. The van der Waals surface area contributed by atoms with Crippen LogP contribution in [0, 0.1) is 0 Å². The summed E-state index contributed by atoms with van der Waals surface area (Å²) < 4.78 is 5.52. The molecule has 11 heteroatoms. The Morgan fingerprint density at radius 1 is 1.17 bits per heavy atom. The Balaban J connectivity index is 2.22. The number of hydrogen-bond acceptors (Lipinski definition) is 5. The molecule has 2 aromatic rings. The van der Waals surface area contributed by atoms with Gasteiger partial charge in [-0.2, -0.15) is 0 Å². The number of benzene rings is 1. The summed E-state index contributed by atoms with van der Waals surface area (Å²) >= 11 is 12.2. The number of urea groups is 2. The molecule has 1 aromatic carbocycles. The maximum atomic E-state index is 11.3. The van der Waals surface area contributed by atoms with Gasteiger partial charge in [0.15, 0.2) is 0 Å². The molecule has 9 nitrogen and oxygen atoms in total. The number of hydrogen-bond donors (Lipinski definition) is 4. The van der Waals surface area contributed by atoms with E-state index < -0.39 is 12.1 Å². The van der Waals surface area contributed by atoms with Gasteiger partial charge in [-0.3, -0.25) is 5.32 Å². The molecule has 126 valence electrons. The van der Waals surface area contributed by atoms with Gasteiger partial charge in [-0.1, -0.05) is 23.2 Å². The summed E-state index contributed by atoms with van der Waals surface area (Å²) in [5, 5.41) is 7.31. The fourth-order valence-corrected chi connectivity index (χ4v) is 2.00. The zero-order valence-corrected chi connectivity index (χ0v) is 13.8. The SMILES string of the molecule is CNC(=O)Nc1cc(Oc2ccc(NC(N)=O)c(Cl)c2Cl)ncn1. The first-order valence-electron chi connectivity index (χ1n) is 6.43. The van der Waals surface area contributed by atoms with Gasteiger partial charge in [0.05, 0.1) is 10.7 Å². The van der Waals surface area contributed by atoms with Crippen molar-refractivity contribution in [2.45, 2.75) is 0 Å². The van der Waals surface area contributed by atoms with E-state index in [0.29, 0.717) is 0 Å². The Bertz CT molecular complexity index is 786. The molecule has 0 saturated carbocycles. The number of amides is 4. The molecule has 24 heavy (non-hydrogen) atoms. The van der Waals surface area contributed by atoms with E-state index in [1.54, 1.807) is 0 Å². The van der Waals surface area contributed by atoms with Crippen LogP contribution >= 0.6 is 23.2 Å². The predicted molar refractivity (Wildman–Crippen MR) is 89.9 cm³/mol. The Hall–Kier alpha value is -2.78. The lowest BCUT2D eigenvalue weighted by atomic mass is 10.3. The topological polar surface area (TPSA) is 131 Å². The predicted octanol–water partition coefficient (Wildman–Crippen LogP) is 2.82. The summed E-state index contributed by atoms with van der Waals surface area (Å²) in [5.41, 5.74) is 5.28. The number of nitrogens with zero attached hydrogens (tertiary/aromatic N) is 2. The average molecular weight is 371 g/mol. The van der Waals surface area contributed by atoms with Crippen LogP contribution in [0.2, 0.25) is 10.0 Å². The molecular formula is C13H12Cl2N6O3. The van der Waals surface area contributed by atoms with Crippen molar-refractivity contribution in [2.24, 2.45) is 5.73 Å². The van der Waals surface area contributed by atoms with Gasteiger partial charge in [-0.15, -0.1) is 0 Å². The van der Waals surface area contributed by atoms with Crippen molar-refractivity contribution >= 4 is 46.8 Å². The average Bonchev–Trinajstić information content (AvgIpc) is 2.54. The highest BCUT2D eigenvalue weighted by atomic mass is 35.5. The lowest BCUT2D eigenvalue weighted by Crippen LogP contribution is -2.24. The third-order valence-corrected chi connectivity index (χ3v) is 3.49. The number of nitrogens with two attached hydrogens (primary N) is 1. The van der Waals surface area contributed by atoms with Crippen LogP contribution in [0.3, 0.4) is 0 Å². The Morgan fingerprint density at radius 2 is 1.92 bits per heavy atom. The van der Waals surface area contributed by atoms with E-state index in [1.165, 1.54) is 31.6 Å². The number of anilines is 2. The molecule has 0 spiro atoms. The molecule has 0 aliphatic carbocycles. The smallest absolute Gasteiger partial charge is 0.320 e. The number of ether oxygens (including phenoxy) is 1. The summed E-state index contributed by atoms with van der Waals surface area (Å²) in [4.78, 5) is 29.9. The second-order valence-corrected chi connectivity index (χ2v) is 5.03. The summed E-state index contributed by atoms with van der Waals surface area (Å²) in [5.74, 6) is 0.555. The highest BCUT2D eigenvalue weighted by molar-refractivity contribution is 6.44. The first-order chi connectivity index (χ1) is 11.4. The Morgan fingerprint density at radius 3 is 2.58 bits per heavy atom. The van der Waals surface area contributed by atoms with E-state index in [4.69, 9.17) is 33.7 Å². The zero-order valence-electron chi connectivity index (χ0n) is 12.3. The van der Waals surface area contributed by atoms with Crippen LogP contribution in [0.5, 0.6) is 11.6 Å². The van der Waals surface area contributed by atoms with Gasteiger partial charge >= 0.3 is 12.1 Å². The first kappa shape index (κ1) is 17.6. The third-order valence-electron chi connectivity index (χ3n) is 2.63. The minimum atomic E-state index is -0.776. The maximum Gasteiger partial charge on any atom is 0.320 e. The number of nitrogens with one attached hydrogen (secondary N) is 3. The van der Waals surface area contributed by atoms with E-state index in [-0.39, 0.29) is 33.2 Å². The van der Waals surface area contributed by atoms with Gasteiger partial charge < -0.3 is 21.1 Å². The Kier molecular flexibility index (Phi) is 5.61. The largest absolute Gasteiger partial charge is 0.437 e. The zero-order chi connectivity index (χ0) is 17.7. The maximum absolute atomic E-state index is 11.3. The van der Waals surface area contributed by atoms with Crippen molar-refractivity contribution in [1.82, 2.24) is 15.3 Å². The van der Waals surface area contributed by atoms with Crippen LogP contribution in [0.4, 0.5) is 21.1 Å². The van der Waals surface area contributed by atoms with E-state index >= 15 is 0 Å². The van der Waals surface area contributed by atoms with E-state index in [1.807, 2.05) is 0 Å². The van der Waals surface area contributed by atoms with Crippen molar-refractivity contribution in [1.29, 1.82) is 0 Å². The number of primary amides is 1. The molecular weight excluding hydrogens is 359 g/mol. The molecule has 0 fully saturated rings. The van der Waals surface area contributed by atoms with E-state index in [0.717, 1.165) is 0 Å². The molecule has 1 aromatic heterocycles. The number of carbonyl (C=O) groups is 2. The van der Waals surface area contributed by atoms with Crippen molar-refractivity contribution in [2.75, 3.05) is 17.7 Å². The molecule has 4 amide bonds. The number of carbonyl (C=O) groups excluding carboxylic acids is 2. The van der Waals surface area contributed by atoms with Crippen LogP contribution in [0.15, 0.2) is 24.5 Å². The van der Waals surface area contributed by atoms with Gasteiger partial charge in [0, 0.05) is 13.1 Å². The number of rotatable bonds is 4. The summed E-state index contributed by atoms with van der Waals surface area (Å²) in [6, 6.07) is 3.13. The summed E-state index contributed by atoms with van der Waals surface area (Å²) in [6.45, 7) is 0. The Labute approximate surface area is 146 Å². The molecule has 5 N–H and O–H groups in total. The van der Waals surface area contributed by atoms with Crippen LogP contribution < -0.4 is 26.4 Å². The number of halogens is 2. The molecule has 0 unspecified atom stereocenters. The van der Waals surface area contributed by atoms with Gasteiger partial charge in [-0.25, -0.2) is 19.6 Å². The lowest BCUT2D eigenvalue weighted by Gasteiger charge is -2.11. The van der Waals surface area contributed by atoms with E-state index in [2.05, 4.69) is 25.9 Å². The highest BCUT2D eigenvalue weighted by Crippen LogP contribution is 2.39. The molecule has 0 aliphatic rings. The van der Waals surface area contributed by atoms with Gasteiger partial charge in [-0.05, 0) is 12.1 Å². The molecule has 0 saturated heterocycles. The van der Waals surface area contributed by atoms with Gasteiger partial charge in [0.1, 0.15) is 22.9 Å². The van der Waals surface area contributed by atoms with Crippen molar-refractivity contribution in [3.8, 4) is 11.6 Å². The van der Waals surface area contributed by atoms with Crippen LogP contribution in [0.25, 0.3) is 0 Å². The standard InChI is InChI=1S/C13H12Cl2N6O3/c1-17-13(23)21-8-4-9(19-5-18-8)24-7-3-2-6(20-12(16)22)10(14)11(7)15/h2-5H,1H3,(H3,16,20,22)(H2,17,18,19,21,23). The van der Waals surface area contributed by atoms with Crippen LogP contribution in [-0.2, 0) is 0 Å². The molecule has 1 heterocycles. The monoisotopic (exact) mass is 370 g/mol. The molecule has 0 atom stereocenters. The van der Waals surface area contributed by atoms with Crippen molar-refractivity contribution in [3.05, 3.63) is 34.6 Å². The van der Waals surface area contributed by atoms with Gasteiger partial charge in [0.2, 0.25) is 5.88 Å². The fraction of sp³-hybridized carbons (Fsp3) is 0.0769. The molecule has 2 rings (SSSR count). The minimum Gasteiger partial charge on any atom is -0.437 e. The van der Waals surface area contributed by atoms with E-state index in [9.17, 15) is 9.59 Å². The normalized spacial score (nSPS) is 9.96. The highest BCUT2D eigenvalue weighted by Gasteiger charge is 2.14. The van der Waals surface area contributed by atoms with Crippen molar-refractivity contribution < 1.29 is 14.3 Å². The van der Waals surface area contributed by atoms with Crippen molar-refractivity contribution in [3.63, 3.8) is 0 Å². The van der Waals surface area contributed by atoms with Crippen LogP contribution in [0.1, 0.15) is 0 Å². The quantitative estimate of drug-likeness (QED) is 0.656. The lowest BCUT2D eigenvalue weighted by molar-refractivity contribution is 0.253. The number of aromatic nitrogens is 2. The second kappa shape index (κ2) is 7.66. The second-order valence-electron chi connectivity index (χ2n) is 4.28. The van der Waals surface area contributed by atoms with Crippen LogP contribution in [-0.4, -0.2) is 29.1 Å². The minimum absolute atomic E-state index is 0.0577. The van der Waals surface area contributed by atoms with Gasteiger partial charge in [0.25, 0.3) is 0 Å². The molecule has 0 aliphatic heterocycles. The first-order valence-corrected chi connectivity index (χ1v) is 7.19. The fourth-order valence-electron chi connectivity index (χ4n) is 1.59. The summed E-state index contributed by atoms with van der Waals surface area (Å²) in [6.07, 6.45) is 1.21.